The van der Waals surface area contributed by atoms with E-state index in [9.17, 15) is 0 Å². The fourth-order valence-corrected chi connectivity index (χ4v) is 2.68. The third kappa shape index (κ3) is 1.88. The zero-order valence-electron chi connectivity index (χ0n) is 11.8. The third-order valence-electron chi connectivity index (χ3n) is 3.58. The molecule has 4 heteroatoms. The third-order valence-corrected chi connectivity index (χ3v) is 3.58. The lowest BCUT2D eigenvalue weighted by atomic mass is 10.1. The van der Waals surface area contributed by atoms with Gasteiger partial charge < -0.3 is 4.42 Å². The van der Waals surface area contributed by atoms with Crippen molar-refractivity contribution in [2.75, 3.05) is 0 Å². The Morgan fingerprint density at radius 2 is 1.90 bits per heavy atom. The van der Waals surface area contributed by atoms with Crippen LogP contribution in [0.5, 0.6) is 0 Å². The Kier molecular flexibility index (Phi) is 2.51. The Bertz CT molecular complexity index is 958. The fraction of sp³-hybridized carbons (Fsp3) is 0.118. The van der Waals surface area contributed by atoms with E-state index in [4.69, 9.17) is 4.42 Å². The number of hydrogen-bond acceptors (Lipinski definition) is 4. The summed E-state index contributed by atoms with van der Waals surface area (Å²) in [5.41, 5.74) is 4.42. The summed E-state index contributed by atoms with van der Waals surface area (Å²) in [7, 11) is 0. The molecule has 0 unspecified atom stereocenters. The molecular weight excluding hydrogens is 262 g/mol. The minimum absolute atomic E-state index is 0.646. The number of aromatic nitrogens is 3. The topological polar surface area (TPSA) is 51.8 Å². The summed E-state index contributed by atoms with van der Waals surface area (Å²) in [5.74, 6) is 0.726. The minimum atomic E-state index is 0.646. The van der Waals surface area contributed by atoms with Crippen molar-refractivity contribution in [1.82, 2.24) is 15.0 Å². The van der Waals surface area contributed by atoms with Gasteiger partial charge in [-0.2, -0.15) is 4.98 Å². The Morgan fingerprint density at radius 3 is 2.71 bits per heavy atom. The van der Waals surface area contributed by atoms with Crippen LogP contribution < -0.4 is 0 Å². The summed E-state index contributed by atoms with van der Waals surface area (Å²) in [4.78, 5) is 13.2. The van der Waals surface area contributed by atoms with Gasteiger partial charge in [-0.25, -0.2) is 4.98 Å². The smallest absolute Gasteiger partial charge is 0.230 e. The Labute approximate surface area is 121 Å². The molecule has 21 heavy (non-hydrogen) atoms. The number of furan rings is 1. The number of benzene rings is 1. The van der Waals surface area contributed by atoms with Crippen molar-refractivity contribution >= 4 is 22.1 Å². The van der Waals surface area contributed by atoms with E-state index in [2.05, 4.69) is 21.0 Å². The lowest BCUT2D eigenvalue weighted by molar-refractivity contribution is 0.650. The molecule has 0 aliphatic rings. The molecule has 0 saturated heterocycles. The molecular formula is C17H13N3O. The van der Waals surface area contributed by atoms with Crippen LogP contribution in [-0.2, 0) is 0 Å². The van der Waals surface area contributed by atoms with Crippen molar-refractivity contribution in [2.45, 2.75) is 13.8 Å². The number of hydrogen-bond donors (Lipinski definition) is 0. The van der Waals surface area contributed by atoms with Gasteiger partial charge in [-0.3, -0.25) is 4.98 Å². The lowest BCUT2D eigenvalue weighted by Crippen LogP contribution is -1.90. The van der Waals surface area contributed by atoms with Gasteiger partial charge in [0.05, 0.1) is 16.8 Å². The average Bonchev–Trinajstić information content (AvgIpc) is 2.85. The second kappa shape index (κ2) is 4.38. The van der Waals surface area contributed by atoms with E-state index < -0.39 is 0 Å². The molecule has 0 saturated carbocycles. The molecule has 3 heterocycles. The van der Waals surface area contributed by atoms with E-state index >= 15 is 0 Å². The molecule has 0 N–H and O–H groups in total. The zero-order chi connectivity index (χ0) is 14.4. The summed E-state index contributed by atoms with van der Waals surface area (Å²) in [6.45, 7) is 3.86. The van der Waals surface area contributed by atoms with Gasteiger partial charge in [-0.1, -0.05) is 6.07 Å². The monoisotopic (exact) mass is 275 g/mol. The van der Waals surface area contributed by atoms with Crippen LogP contribution in [0, 0.1) is 13.8 Å². The summed E-state index contributed by atoms with van der Waals surface area (Å²) >= 11 is 0. The van der Waals surface area contributed by atoms with Gasteiger partial charge in [0, 0.05) is 17.1 Å². The van der Waals surface area contributed by atoms with Gasteiger partial charge in [0.15, 0.2) is 0 Å². The van der Waals surface area contributed by atoms with Gasteiger partial charge in [-0.15, -0.1) is 0 Å². The molecule has 3 aromatic heterocycles. The van der Waals surface area contributed by atoms with Gasteiger partial charge in [0.25, 0.3) is 0 Å². The highest BCUT2D eigenvalue weighted by molar-refractivity contribution is 6.06. The SMILES string of the molecule is Cc1nc(C)c2c(n1)oc1ccc(-c3ccccn3)cc12. The molecule has 4 nitrogen and oxygen atoms in total. The number of nitrogens with zero attached hydrogens (tertiary/aromatic N) is 3. The molecule has 0 aliphatic carbocycles. The highest BCUT2D eigenvalue weighted by Gasteiger charge is 2.13. The van der Waals surface area contributed by atoms with Crippen molar-refractivity contribution in [3.63, 3.8) is 0 Å². The maximum Gasteiger partial charge on any atom is 0.230 e. The summed E-state index contributed by atoms with van der Waals surface area (Å²) in [6.07, 6.45) is 1.80. The van der Waals surface area contributed by atoms with Crippen molar-refractivity contribution in [3.05, 3.63) is 54.1 Å². The highest BCUT2D eigenvalue weighted by Crippen LogP contribution is 2.32. The van der Waals surface area contributed by atoms with Crippen LogP contribution in [-0.4, -0.2) is 15.0 Å². The Morgan fingerprint density at radius 1 is 1.00 bits per heavy atom. The minimum Gasteiger partial charge on any atom is -0.438 e. The summed E-state index contributed by atoms with van der Waals surface area (Å²) in [6, 6.07) is 12.0. The van der Waals surface area contributed by atoms with Crippen LogP contribution >= 0.6 is 0 Å². The largest absolute Gasteiger partial charge is 0.438 e. The second-order valence-electron chi connectivity index (χ2n) is 5.06. The van der Waals surface area contributed by atoms with E-state index in [0.29, 0.717) is 5.71 Å². The van der Waals surface area contributed by atoms with Gasteiger partial charge in [-0.05, 0) is 44.2 Å². The van der Waals surface area contributed by atoms with Crippen molar-refractivity contribution in [3.8, 4) is 11.3 Å². The normalized spacial score (nSPS) is 11.3. The maximum absolute atomic E-state index is 5.83. The first-order valence-corrected chi connectivity index (χ1v) is 6.81. The molecule has 0 bridgehead atoms. The summed E-state index contributed by atoms with van der Waals surface area (Å²) in [5, 5.41) is 2.01. The predicted molar refractivity (Wildman–Crippen MR) is 82.0 cm³/mol. The number of rotatable bonds is 1. The lowest BCUT2D eigenvalue weighted by Gasteiger charge is -2.00. The van der Waals surface area contributed by atoms with Crippen LogP contribution in [0.2, 0.25) is 0 Å². The van der Waals surface area contributed by atoms with Crippen LogP contribution in [0.1, 0.15) is 11.5 Å². The van der Waals surface area contributed by atoms with Gasteiger partial charge in [0.1, 0.15) is 11.4 Å². The molecule has 0 radical (unpaired) electrons. The van der Waals surface area contributed by atoms with Gasteiger partial charge >= 0.3 is 0 Å². The quantitative estimate of drug-likeness (QED) is 0.525. The van der Waals surface area contributed by atoms with E-state index in [-0.39, 0.29) is 0 Å². The first-order chi connectivity index (χ1) is 10.2. The van der Waals surface area contributed by atoms with E-state index in [1.807, 2.05) is 44.2 Å². The van der Waals surface area contributed by atoms with Crippen LogP contribution in [0.3, 0.4) is 0 Å². The van der Waals surface area contributed by atoms with Gasteiger partial charge in [0.2, 0.25) is 5.71 Å². The van der Waals surface area contributed by atoms with Crippen molar-refractivity contribution in [1.29, 1.82) is 0 Å². The molecule has 1 aromatic carbocycles. The van der Waals surface area contributed by atoms with Crippen LogP contribution in [0.4, 0.5) is 0 Å². The average molecular weight is 275 g/mol. The van der Waals surface area contributed by atoms with E-state index in [0.717, 1.165) is 39.1 Å². The Balaban J connectivity index is 2.05. The predicted octanol–water partition coefficient (Wildman–Crippen LogP) is 4.05. The van der Waals surface area contributed by atoms with Crippen LogP contribution in [0.25, 0.3) is 33.3 Å². The fourth-order valence-electron chi connectivity index (χ4n) is 2.68. The second-order valence-corrected chi connectivity index (χ2v) is 5.06. The van der Waals surface area contributed by atoms with Crippen LogP contribution in [0.15, 0.2) is 47.0 Å². The molecule has 0 spiro atoms. The maximum atomic E-state index is 5.83. The standard InChI is InChI=1S/C17H13N3O/c1-10-16-13-9-12(14-5-3-4-8-18-14)6-7-15(13)21-17(16)20-11(2)19-10/h3-9H,1-2H3. The first-order valence-electron chi connectivity index (χ1n) is 6.81. The van der Waals surface area contributed by atoms with E-state index in [1.54, 1.807) is 6.20 Å². The first kappa shape index (κ1) is 12.0. The molecule has 4 rings (SSSR count). The van der Waals surface area contributed by atoms with Crippen molar-refractivity contribution < 1.29 is 4.42 Å². The Hall–Kier alpha value is -2.75. The molecule has 102 valence electrons. The van der Waals surface area contributed by atoms with E-state index in [1.165, 1.54) is 0 Å². The molecule has 0 amide bonds. The number of aryl methyl sites for hydroxylation is 2. The number of fused-ring (bicyclic) bond motifs is 3. The zero-order valence-corrected chi connectivity index (χ0v) is 11.8. The number of pyridine rings is 1. The molecule has 0 atom stereocenters. The molecule has 4 aromatic rings. The summed E-state index contributed by atoms with van der Waals surface area (Å²) < 4.78 is 5.83. The molecule has 0 fully saturated rings. The van der Waals surface area contributed by atoms with Crippen molar-refractivity contribution in [2.24, 2.45) is 0 Å². The highest BCUT2D eigenvalue weighted by atomic mass is 16.3. The molecule has 0 aliphatic heterocycles.